The number of anilines is 1. The number of rotatable bonds is 3. The number of nitrogens with zero attached hydrogens (tertiary/aromatic N) is 2. The van der Waals surface area contributed by atoms with Crippen molar-refractivity contribution in [2.75, 3.05) is 25.0 Å². The van der Waals surface area contributed by atoms with Gasteiger partial charge < -0.3 is 10.2 Å². The second-order valence-corrected chi connectivity index (χ2v) is 4.92. The minimum atomic E-state index is 0.625. The van der Waals surface area contributed by atoms with Crippen molar-refractivity contribution in [3.8, 4) is 0 Å². The standard InChI is InChI=1S/C11H16BrN3/c1-15(8-10-3-2-6-13-10)11-5-4-9(12)7-14-11/h4-5,7,10,13H,2-3,6,8H2,1H3/t10-/m1/s1. The molecule has 1 saturated heterocycles. The molecule has 0 bridgehead atoms. The maximum Gasteiger partial charge on any atom is 0.128 e. The van der Waals surface area contributed by atoms with Crippen LogP contribution in [-0.4, -0.2) is 31.2 Å². The van der Waals surface area contributed by atoms with E-state index < -0.39 is 0 Å². The summed E-state index contributed by atoms with van der Waals surface area (Å²) in [6, 6.07) is 4.69. The summed E-state index contributed by atoms with van der Waals surface area (Å²) in [5, 5.41) is 3.49. The molecule has 1 atom stereocenters. The lowest BCUT2D eigenvalue weighted by Gasteiger charge is -2.22. The van der Waals surface area contributed by atoms with E-state index in [1.807, 2.05) is 18.3 Å². The fourth-order valence-corrected chi connectivity index (χ4v) is 2.17. The highest BCUT2D eigenvalue weighted by Gasteiger charge is 2.16. The average Bonchev–Trinajstić information content (AvgIpc) is 2.71. The van der Waals surface area contributed by atoms with Gasteiger partial charge in [-0.3, -0.25) is 0 Å². The van der Waals surface area contributed by atoms with Crippen LogP contribution in [0.5, 0.6) is 0 Å². The van der Waals surface area contributed by atoms with E-state index >= 15 is 0 Å². The highest BCUT2D eigenvalue weighted by molar-refractivity contribution is 9.10. The number of hydrogen-bond acceptors (Lipinski definition) is 3. The summed E-state index contributed by atoms with van der Waals surface area (Å²) in [6.07, 6.45) is 4.42. The number of nitrogens with one attached hydrogen (secondary N) is 1. The van der Waals surface area contributed by atoms with Crippen molar-refractivity contribution in [2.45, 2.75) is 18.9 Å². The molecule has 82 valence electrons. The van der Waals surface area contributed by atoms with Crippen LogP contribution in [0, 0.1) is 0 Å². The lowest BCUT2D eigenvalue weighted by molar-refractivity contribution is 0.597. The molecule has 2 rings (SSSR count). The van der Waals surface area contributed by atoms with Gasteiger partial charge in [-0.15, -0.1) is 0 Å². The number of pyridine rings is 1. The minimum absolute atomic E-state index is 0.625. The third-order valence-corrected chi connectivity index (χ3v) is 3.23. The third kappa shape index (κ3) is 2.92. The van der Waals surface area contributed by atoms with Crippen molar-refractivity contribution in [3.63, 3.8) is 0 Å². The van der Waals surface area contributed by atoms with Gasteiger partial charge in [-0.2, -0.15) is 0 Å². The van der Waals surface area contributed by atoms with Gasteiger partial charge in [0, 0.05) is 30.3 Å². The van der Waals surface area contributed by atoms with E-state index in [2.05, 4.69) is 38.2 Å². The van der Waals surface area contributed by atoms with Crippen molar-refractivity contribution >= 4 is 21.7 Å². The molecule has 3 nitrogen and oxygen atoms in total. The molecule has 0 unspecified atom stereocenters. The van der Waals surface area contributed by atoms with E-state index in [0.29, 0.717) is 6.04 Å². The van der Waals surface area contributed by atoms with E-state index in [1.54, 1.807) is 0 Å². The molecule has 0 saturated carbocycles. The predicted molar refractivity (Wildman–Crippen MR) is 66.2 cm³/mol. The number of aromatic nitrogens is 1. The molecular weight excluding hydrogens is 254 g/mol. The second kappa shape index (κ2) is 4.94. The first-order valence-electron chi connectivity index (χ1n) is 5.32. The Balaban J connectivity index is 1.94. The number of likely N-dealkylation sites (N-methyl/N-ethyl adjacent to an activating group) is 1. The summed E-state index contributed by atoms with van der Waals surface area (Å²) in [5.74, 6) is 1.03. The van der Waals surface area contributed by atoms with E-state index in [1.165, 1.54) is 12.8 Å². The monoisotopic (exact) mass is 269 g/mol. The molecule has 2 heterocycles. The van der Waals surface area contributed by atoms with Gasteiger partial charge in [0.2, 0.25) is 0 Å². The molecule has 0 radical (unpaired) electrons. The summed E-state index contributed by atoms with van der Waals surface area (Å²) < 4.78 is 1.03. The van der Waals surface area contributed by atoms with Gasteiger partial charge in [0.15, 0.2) is 0 Å². The number of halogens is 1. The highest BCUT2D eigenvalue weighted by atomic mass is 79.9. The molecule has 1 aromatic heterocycles. The molecule has 0 amide bonds. The van der Waals surface area contributed by atoms with Crippen LogP contribution in [0.1, 0.15) is 12.8 Å². The Hall–Kier alpha value is -0.610. The van der Waals surface area contributed by atoms with E-state index in [4.69, 9.17) is 0 Å². The molecule has 1 aromatic rings. The number of hydrogen-bond donors (Lipinski definition) is 1. The zero-order valence-electron chi connectivity index (χ0n) is 8.91. The van der Waals surface area contributed by atoms with Gasteiger partial charge in [-0.25, -0.2) is 4.98 Å². The van der Waals surface area contributed by atoms with Crippen LogP contribution in [0.3, 0.4) is 0 Å². The maximum atomic E-state index is 4.37. The normalized spacial score (nSPS) is 20.5. The molecule has 1 fully saturated rings. The minimum Gasteiger partial charge on any atom is -0.358 e. The highest BCUT2D eigenvalue weighted by Crippen LogP contribution is 2.15. The van der Waals surface area contributed by atoms with E-state index in [0.717, 1.165) is 23.4 Å². The first-order valence-corrected chi connectivity index (χ1v) is 6.11. The van der Waals surface area contributed by atoms with Gasteiger partial charge >= 0.3 is 0 Å². The maximum absolute atomic E-state index is 4.37. The smallest absolute Gasteiger partial charge is 0.128 e. The summed E-state index contributed by atoms with van der Waals surface area (Å²) in [5.41, 5.74) is 0. The van der Waals surface area contributed by atoms with Crippen molar-refractivity contribution in [2.24, 2.45) is 0 Å². The van der Waals surface area contributed by atoms with Crippen molar-refractivity contribution in [1.29, 1.82) is 0 Å². The van der Waals surface area contributed by atoms with Gasteiger partial charge in [-0.1, -0.05) is 0 Å². The zero-order chi connectivity index (χ0) is 10.7. The van der Waals surface area contributed by atoms with Crippen LogP contribution in [0.15, 0.2) is 22.8 Å². The van der Waals surface area contributed by atoms with Crippen molar-refractivity contribution in [1.82, 2.24) is 10.3 Å². The molecule has 1 aliphatic rings. The summed E-state index contributed by atoms with van der Waals surface area (Å²) in [6.45, 7) is 2.20. The molecule has 1 aliphatic heterocycles. The van der Waals surface area contributed by atoms with Gasteiger partial charge in [0.25, 0.3) is 0 Å². The lowest BCUT2D eigenvalue weighted by Crippen LogP contribution is -2.35. The van der Waals surface area contributed by atoms with Crippen LogP contribution >= 0.6 is 15.9 Å². The van der Waals surface area contributed by atoms with E-state index in [-0.39, 0.29) is 0 Å². The first kappa shape index (κ1) is 10.9. The summed E-state index contributed by atoms with van der Waals surface area (Å²) in [4.78, 5) is 6.58. The fourth-order valence-electron chi connectivity index (χ4n) is 1.93. The van der Waals surface area contributed by atoms with Crippen molar-refractivity contribution < 1.29 is 0 Å². The third-order valence-electron chi connectivity index (χ3n) is 2.76. The molecule has 0 aromatic carbocycles. The molecule has 1 N–H and O–H groups in total. The van der Waals surface area contributed by atoms with Gasteiger partial charge in [-0.05, 0) is 47.4 Å². The Bertz CT molecular complexity index is 306. The van der Waals surface area contributed by atoms with Crippen LogP contribution in [0.4, 0.5) is 5.82 Å². The fraction of sp³-hybridized carbons (Fsp3) is 0.545. The summed E-state index contributed by atoms with van der Waals surface area (Å²) in [7, 11) is 2.09. The Kier molecular flexibility index (Phi) is 3.59. The first-order chi connectivity index (χ1) is 7.25. The Morgan fingerprint density at radius 3 is 3.07 bits per heavy atom. The molecule has 4 heteroatoms. The molecule has 0 aliphatic carbocycles. The van der Waals surface area contributed by atoms with Crippen LogP contribution < -0.4 is 10.2 Å². The molecular formula is C11H16BrN3. The van der Waals surface area contributed by atoms with Gasteiger partial charge in [0.05, 0.1) is 0 Å². The van der Waals surface area contributed by atoms with E-state index in [9.17, 15) is 0 Å². The molecule has 15 heavy (non-hydrogen) atoms. The summed E-state index contributed by atoms with van der Waals surface area (Å²) >= 11 is 3.39. The van der Waals surface area contributed by atoms with Gasteiger partial charge in [0.1, 0.15) is 5.82 Å². The SMILES string of the molecule is CN(C[C@H]1CCCN1)c1ccc(Br)cn1. The lowest BCUT2D eigenvalue weighted by atomic mass is 10.2. The Morgan fingerprint density at radius 1 is 1.60 bits per heavy atom. The Labute approximate surface area is 99.0 Å². The topological polar surface area (TPSA) is 28.2 Å². The average molecular weight is 270 g/mol. The predicted octanol–water partition coefficient (Wildman–Crippen LogP) is 2.03. The molecule has 0 spiro atoms. The largest absolute Gasteiger partial charge is 0.358 e. The second-order valence-electron chi connectivity index (χ2n) is 4.01. The van der Waals surface area contributed by atoms with Crippen LogP contribution in [0.2, 0.25) is 0 Å². The zero-order valence-corrected chi connectivity index (χ0v) is 10.5. The quantitative estimate of drug-likeness (QED) is 0.911. The van der Waals surface area contributed by atoms with Crippen molar-refractivity contribution in [3.05, 3.63) is 22.8 Å². The van der Waals surface area contributed by atoms with Crippen LogP contribution in [0.25, 0.3) is 0 Å². The van der Waals surface area contributed by atoms with Crippen LogP contribution in [-0.2, 0) is 0 Å². The Morgan fingerprint density at radius 2 is 2.47 bits per heavy atom.